The molecule has 100 valence electrons. The molecule has 0 amide bonds. The number of fused-ring (bicyclic) bond motifs is 1. The number of thioether (sulfide) groups is 1. The van der Waals surface area contributed by atoms with Crippen molar-refractivity contribution in [3.8, 4) is 0 Å². The molecule has 0 unspecified atom stereocenters. The minimum absolute atomic E-state index is 0. The van der Waals surface area contributed by atoms with Crippen molar-refractivity contribution in [1.29, 1.82) is 0 Å². The summed E-state index contributed by atoms with van der Waals surface area (Å²) in [6, 6.07) is 2.18. The maximum absolute atomic E-state index is 12.1. The Labute approximate surface area is 118 Å². The van der Waals surface area contributed by atoms with Crippen molar-refractivity contribution in [2.75, 3.05) is 18.8 Å². The van der Waals surface area contributed by atoms with Crippen LogP contribution in [-0.4, -0.2) is 23.8 Å². The van der Waals surface area contributed by atoms with Crippen LogP contribution in [0.4, 0.5) is 0 Å². The summed E-state index contributed by atoms with van der Waals surface area (Å²) in [6.07, 6.45) is 3.20. The highest BCUT2D eigenvalue weighted by molar-refractivity contribution is 7.98. The van der Waals surface area contributed by atoms with E-state index < -0.39 is 0 Å². The molecule has 5 heteroatoms. The zero-order valence-corrected chi connectivity index (χ0v) is 12.0. The van der Waals surface area contributed by atoms with Crippen LogP contribution in [0.25, 0.3) is 0 Å². The molecule has 0 aromatic carbocycles. The molecular weight excluding hydrogens is 268 g/mol. The van der Waals surface area contributed by atoms with Crippen molar-refractivity contribution in [2.24, 2.45) is 0 Å². The van der Waals surface area contributed by atoms with Crippen LogP contribution < -0.4 is 10.9 Å². The standard InChI is InChI=1S/C13H18N2OS.ClH/c16-13-11(9-1-4-14-5-2-9)7-10-8-17-6-3-12(10)15-13;/h7,9,14H,1-6,8H2,(H,15,16);1H. The first-order chi connectivity index (χ1) is 8.34. The molecule has 2 aliphatic rings. The van der Waals surface area contributed by atoms with Gasteiger partial charge in [0.05, 0.1) is 0 Å². The molecule has 0 spiro atoms. The number of hydrogen-bond acceptors (Lipinski definition) is 3. The maximum atomic E-state index is 12.1. The second-order valence-electron chi connectivity index (χ2n) is 4.88. The normalized spacial score (nSPS) is 20.0. The van der Waals surface area contributed by atoms with E-state index in [1.54, 1.807) is 0 Å². The summed E-state index contributed by atoms with van der Waals surface area (Å²) in [5.74, 6) is 2.65. The van der Waals surface area contributed by atoms with E-state index >= 15 is 0 Å². The van der Waals surface area contributed by atoms with Gasteiger partial charge in [-0.2, -0.15) is 11.8 Å². The van der Waals surface area contributed by atoms with Gasteiger partial charge in [-0.1, -0.05) is 0 Å². The second kappa shape index (κ2) is 6.13. The Kier molecular flexibility index (Phi) is 4.76. The summed E-state index contributed by atoms with van der Waals surface area (Å²) in [5.41, 5.74) is 3.70. The molecule has 2 aliphatic heterocycles. The van der Waals surface area contributed by atoms with E-state index in [1.165, 1.54) is 11.3 Å². The molecular formula is C13H19ClN2OS. The predicted molar refractivity (Wildman–Crippen MR) is 79.0 cm³/mol. The molecule has 3 nitrogen and oxygen atoms in total. The third kappa shape index (κ3) is 2.76. The Balaban J connectivity index is 0.00000120. The summed E-state index contributed by atoms with van der Waals surface area (Å²) in [7, 11) is 0. The lowest BCUT2D eigenvalue weighted by atomic mass is 9.90. The van der Waals surface area contributed by atoms with Gasteiger partial charge in [-0.05, 0) is 55.7 Å². The molecule has 3 heterocycles. The number of aryl methyl sites for hydroxylation is 1. The third-order valence-corrected chi connectivity index (χ3v) is 4.78. The highest BCUT2D eigenvalue weighted by Gasteiger charge is 2.20. The Morgan fingerprint density at radius 1 is 1.28 bits per heavy atom. The number of hydrogen-bond donors (Lipinski definition) is 2. The van der Waals surface area contributed by atoms with Crippen LogP contribution in [0.1, 0.15) is 35.6 Å². The van der Waals surface area contributed by atoms with Crippen molar-refractivity contribution < 1.29 is 0 Å². The van der Waals surface area contributed by atoms with E-state index in [-0.39, 0.29) is 18.0 Å². The molecule has 1 saturated heterocycles. The molecule has 1 fully saturated rings. The van der Waals surface area contributed by atoms with Crippen LogP contribution in [0.2, 0.25) is 0 Å². The molecule has 0 aliphatic carbocycles. The number of halogens is 1. The highest BCUT2D eigenvalue weighted by atomic mass is 35.5. The zero-order valence-electron chi connectivity index (χ0n) is 10.3. The van der Waals surface area contributed by atoms with Crippen molar-refractivity contribution in [1.82, 2.24) is 10.3 Å². The van der Waals surface area contributed by atoms with Crippen molar-refractivity contribution in [3.63, 3.8) is 0 Å². The first-order valence-corrected chi connectivity index (χ1v) is 7.53. The molecule has 2 N–H and O–H groups in total. The summed E-state index contributed by atoms with van der Waals surface area (Å²) in [5, 5.41) is 3.35. The van der Waals surface area contributed by atoms with E-state index in [9.17, 15) is 4.79 Å². The molecule has 0 radical (unpaired) electrons. The van der Waals surface area contributed by atoms with Crippen molar-refractivity contribution >= 4 is 24.2 Å². The van der Waals surface area contributed by atoms with E-state index in [2.05, 4.69) is 16.4 Å². The minimum Gasteiger partial charge on any atom is -0.326 e. The van der Waals surface area contributed by atoms with Crippen molar-refractivity contribution in [2.45, 2.75) is 30.9 Å². The van der Waals surface area contributed by atoms with Gasteiger partial charge in [0.15, 0.2) is 0 Å². The summed E-state index contributed by atoms with van der Waals surface area (Å²) >= 11 is 1.96. The molecule has 0 bridgehead atoms. The number of aromatic amines is 1. The number of piperidine rings is 1. The average Bonchev–Trinajstić information content (AvgIpc) is 2.39. The number of H-pyrrole nitrogens is 1. The summed E-state index contributed by atoms with van der Waals surface area (Å²) in [4.78, 5) is 15.2. The third-order valence-electron chi connectivity index (χ3n) is 3.78. The van der Waals surface area contributed by atoms with Crippen LogP contribution in [0.5, 0.6) is 0 Å². The van der Waals surface area contributed by atoms with E-state index in [4.69, 9.17) is 0 Å². The molecule has 0 atom stereocenters. The molecule has 3 rings (SSSR count). The maximum Gasteiger partial charge on any atom is 0.251 e. The number of nitrogens with one attached hydrogen (secondary N) is 2. The van der Waals surface area contributed by atoms with Gasteiger partial charge in [0.1, 0.15) is 0 Å². The fourth-order valence-electron chi connectivity index (χ4n) is 2.77. The number of aromatic nitrogens is 1. The topological polar surface area (TPSA) is 44.9 Å². The van der Waals surface area contributed by atoms with Gasteiger partial charge < -0.3 is 10.3 Å². The second-order valence-corrected chi connectivity index (χ2v) is 5.99. The van der Waals surface area contributed by atoms with Crippen LogP contribution in [0, 0.1) is 0 Å². The van der Waals surface area contributed by atoms with Crippen LogP contribution >= 0.6 is 24.2 Å². The quantitative estimate of drug-likeness (QED) is 0.831. The van der Waals surface area contributed by atoms with Gasteiger partial charge in [-0.25, -0.2) is 0 Å². The fourth-order valence-corrected chi connectivity index (χ4v) is 3.74. The van der Waals surface area contributed by atoms with Crippen molar-refractivity contribution in [3.05, 3.63) is 33.2 Å². The van der Waals surface area contributed by atoms with E-state index in [0.717, 1.165) is 49.4 Å². The minimum atomic E-state index is 0. The smallest absolute Gasteiger partial charge is 0.251 e. The Bertz CT molecular complexity index is 469. The van der Waals surface area contributed by atoms with Gasteiger partial charge in [-0.15, -0.1) is 12.4 Å². The van der Waals surface area contributed by atoms with E-state index in [0.29, 0.717) is 5.92 Å². The number of rotatable bonds is 1. The predicted octanol–water partition coefficient (Wildman–Crippen LogP) is 2.05. The summed E-state index contributed by atoms with van der Waals surface area (Å²) in [6.45, 7) is 2.08. The van der Waals surface area contributed by atoms with Gasteiger partial charge >= 0.3 is 0 Å². The lowest BCUT2D eigenvalue weighted by molar-refractivity contribution is 0.457. The fraction of sp³-hybridized carbons (Fsp3) is 0.615. The summed E-state index contributed by atoms with van der Waals surface area (Å²) < 4.78 is 0. The molecule has 1 aromatic heterocycles. The lowest BCUT2D eigenvalue weighted by Gasteiger charge is -2.24. The Morgan fingerprint density at radius 3 is 2.83 bits per heavy atom. The molecule has 18 heavy (non-hydrogen) atoms. The van der Waals surface area contributed by atoms with Crippen LogP contribution in [-0.2, 0) is 12.2 Å². The van der Waals surface area contributed by atoms with Gasteiger partial charge in [0.2, 0.25) is 0 Å². The monoisotopic (exact) mass is 286 g/mol. The van der Waals surface area contributed by atoms with Gasteiger partial charge in [0.25, 0.3) is 5.56 Å². The lowest BCUT2D eigenvalue weighted by Crippen LogP contribution is -2.30. The average molecular weight is 287 g/mol. The molecule has 1 aromatic rings. The number of pyridine rings is 1. The first-order valence-electron chi connectivity index (χ1n) is 6.38. The van der Waals surface area contributed by atoms with Crippen LogP contribution in [0.3, 0.4) is 0 Å². The zero-order chi connectivity index (χ0) is 11.7. The Hall–Kier alpha value is -0.450. The SMILES string of the molecule is Cl.O=c1[nH]c2c(cc1C1CCNCC1)CSCC2. The molecule has 0 saturated carbocycles. The Morgan fingerprint density at radius 2 is 2.06 bits per heavy atom. The largest absolute Gasteiger partial charge is 0.326 e. The van der Waals surface area contributed by atoms with Gasteiger partial charge in [0, 0.05) is 17.0 Å². The van der Waals surface area contributed by atoms with Crippen LogP contribution in [0.15, 0.2) is 10.9 Å². The first kappa shape index (κ1) is 14.0. The highest BCUT2D eigenvalue weighted by Crippen LogP contribution is 2.27. The van der Waals surface area contributed by atoms with Gasteiger partial charge in [-0.3, -0.25) is 4.79 Å². The van der Waals surface area contributed by atoms with E-state index in [1.807, 2.05) is 11.8 Å².